The Kier molecular flexibility index (Phi) is 4.44. The number of benzene rings is 1. The van der Waals surface area contributed by atoms with Gasteiger partial charge in [-0.2, -0.15) is 4.98 Å². The Morgan fingerprint density at radius 2 is 2.00 bits per heavy atom. The minimum absolute atomic E-state index is 0.160. The lowest BCUT2D eigenvalue weighted by Crippen LogP contribution is -2.11. The molecule has 0 bridgehead atoms. The van der Waals surface area contributed by atoms with Gasteiger partial charge in [-0.05, 0) is 30.7 Å². The first kappa shape index (κ1) is 17.0. The van der Waals surface area contributed by atoms with Gasteiger partial charge in [-0.25, -0.2) is 4.98 Å². The molecule has 6 nitrogen and oxygen atoms in total. The van der Waals surface area contributed by atoms with Gasteiger partial charge in [0.15, 0.2) is 5.82 Å². The lowest BCUT2D eigenvalue weighted by Gasteiger charge is -2.10. The Hall–Kier alpha value is -2.89. The number of nitrogens with zero attached hydrogens (tertiary/aromatic N) is 4. The molecule has 2 heterocycles. The van der Waals surface area contributed by atoms with Crippen molar-refractivity contribution in [2.75, 3.05) is 7.11 Å². The van der Waals surface area contributed by atoms with E-state index in [4.69, 9.17) is 9.26 Å². The second-order valence-corrected chi connectivity index (χ2v) is 6.89. The third-order valence-corrected chi connectivity index (χ3v) is 3.70. The van der Waals surface area contributed by atoms with Crippen molar-refractivity contribution >= 4 is 12.2 Å². The molecule has 0 aliphatic carbocycles. The molecule has 0 unspecified atom stereocenters. The molecule has 0 amide bonds. The molecule has 0 fully saturated rings. The van der Waals surface area contributed by atoms with Crippen LogP contribution in [0, 0.1) is 6.92 Å². The largest absolute Gasteiger partial charge is 0.495 e. The summed E-state index contributed by atoms with van der Waals surface area (Å²) in [6.45, 7) is 8.07. The molecule has 0 aliphatic heterocycles. The number of aromatic nitrogens is 4. The zero-order valence-electron chi connectivity index (χ0n) is 15.1. The highest BCUT2D eigenvalue weighted by atomic mass is 16.5. The van der Waals surface area contributed by atoms with E-state index >= 15 is 0 Å². The van der Waals surface area contributed by atoms with Crippen molar-refractivity contribution in [2.24, 2.45) is 0 Å². The molecule has 130 valence electrons. The van der Waals surface area contributed by atoms with Crippen molar-refractivity contribution in [3.8, 4) is 11.4 Å². The van der Waals surface area contributed by atoms with Gasteiger partial charge in [0.2, 0.25) is 5.89 Å². The molecular weight excluding hydrogens is 316 g/mol. The van der Waals surface area contributed by atoms with Gasteiger partial charge in [0.1, 0.15) is 5.75 Å². The lowest BCUT2D eigenvalue weighted by atomic mass is 9.97. The Bertz CT molecular complexity index is 900. The molecule has 2 aromatic heterocycles. The molecular formula is C19H22N4O2. The zero-order chi connectivity index (χ0) is 18.0. The molecule has 0 aliphatic rings. The van der Waals surface area contributed by atoms with Crippen molar-refractivity contribution in [3.63, 3.8) is 0 Å². The molecule has 0 atom stereocenters. The summed E-state index contributed by atoms with van der Waals surface area (Å²) in [4.78, 5) is 8.65. The first-order valence-electron chi connectivity index (χ1n) is 8.08. The fourth-order valence-corrected chi connectivity index (χ4v) is 2.34. The van der Waals surface area contributed by atoms with Crippen molar-refractivity contribution in [3.05, 3.63) is 53.7 Å². The molecule has 0 spiro atoms. The minimum atomic E-state index is -0.160. The molecule has 0 saturated heterocycles. The topological polar surface area (TPSA) is 66.0 Å². The van der Waals surface area contributed by atoms with Crippen molar-refractivity contribution in [1.29, 1.82) is 0 Å². The number of hydrogen-bond acceptors (Lipinski definition) is 5. The quantitative estimate of drug-likeness (QED) is 0.718. The second-order valence-electron chi connectivity index (χ2n) is 6.89. The van der Waals surface area contributed by atoms with E-state index in [9.17, 15) is 0 Å². The molecule has 25 heavy (non-hydrogen) atoms. The highest BCUT2D eigenvalue weighted by molar-refractivity contribution is 5.69. The molecule has 0 radical (unpaired) electrons. The first-order valence-corrected chi connectivity index (χ1v) is 8.08. The summed E-state index contributed by atoms with van der Waals surface area (Å²) >= 11 is 0. The SMILES string of the molecule is COc1cc(/C=C/c2noc(C(C)(C)C)n2)ccc1-n1cnc(C)c1. The summed E-state index contributed by atoms with van der Waals surface area (Å²) in [5.74, 6) is 1.94. The smallest absolute Gasteiger partial charge is 0.232 e. The van der Waals surface area contributed by atoms with Gasteiger partial charge in [0.05, 0.1) is 24.8 Å². The number of imidazole rings is 1. The number of hydrogen-bond donors (Lipinski definition) is 0. The maximum Gasteiger partial charge on any atom is 0.232 e. The van der Waals surface area contributed by atoms with Crippen LogP contribution in [0.1, 0.15) is 43.7 Å². The predicted molar refractivity (Wildman–Crippen MR) is 96.8 cm³/mol. The van der Waals surface area contributed by atoms with Crippen LogP contribution in [0.5, 0.6) is 5.75 Å². The van der Waals surface area contributed by atoms with Crippen molar-refractivity contribution in [1.82, 2.24) is 19.7 Å². The molecule has 3 rings (SSSR count). The Morgan fingerprint density at radius 3 is 2.60 bits per heavy atom. The Labute approximate surface area is 147 Å². The number of aryl methyl sites for hydroxylation is 1. The highest BCUT2D eigenvalue weighted by Gasteiger charge is 2.20. The monoisotopic (exact) mass is 338 g/mol. The summed E-state index contributed by atoms with van der Waals surface area (Å²) in [5.41, 5.74) is 2.72. The van der Waals surface area contributed by atoms with Crippen LogP contribution in [0.15, 0.2) is 35.2 Å². The van der Waals surface area contributed by atoms with Gasteiger partial charge in [-0.15, -0.1) is 0 Å². The third kappa shape index (κ3) is 3.79. The van der Waals surface area contributed by atoms with E-state index in [0.717, 1.165) is 22.7 Å². The highest BCUT2D eigenvalue weighted by Crippen LogP contribution is 2.25. The van der Waals surface area contributed by atoms with Crippen LogP contribution in [0.4, 0.5) is 0 Å². The summed E-state index contributed by atoms with van der Waals surface area (Å²) in [6.07, 6.45) is 7.49. The van der Waals surface area contributed by atoms with Gasteiger partial charge >= 0.3 is 0 Å². The number of rotatable bonds is 4. The van der Waals surface area contributed by atoms with Crippen molar-refractivity contribution in [2.45, 2.75) is 33.1 Å². The van der Waals surface area contributed by atoms with Gasteiger partial charge in [-0.3, -0.25) is 0 Å². The predicted octanol–water partition coefficient (Wildman–Crippen LogP) is 4.04. The number of methoxy groups -OCH3 is 1. The zero-order valence-corrected chi connectivity index (χ0v) is 15.1. The van der Waals surface area contributed by atoms with E-state index in [1.807, 2.05) is 68.8 Å². The van der Waals surface area contributed by atoms with Crippen LogP contribution in [0.2, 0.25) is 0 Å². The normalized spacial score (nSPS) is 12.0. The van der Waals surface area contributed by atoms with E-state index in [-0.39, 0.29) is 5.41 Å². The summed E-state index contributed by atoms with van der Waals surface area (Å²) in [5, 5.41) is 3.99. The standard InChI is InChI=1S/C19H22N4O2/c1-13-11-23(12-20-13)15-8-6-14(10-16(15)24-5)7-9-17-21-18(25-22-17)19(2,3)4/h6-12H,1-5H3/b9-7+. The summed E-state index contributed by atoms with van der Waals surface area (Å²) < 4.78 is 12.8. The van der Waals surface area contributed by atoms with Gasteiger partial charge in [-0.1, -0.05) is 38.1 Å². The minimum Gasteiger partial charge on any atom is -0.495 e. The summed E-state index contributed by atoms with van der Waals surface area (Å²) in [6, 6.07) is 5.97. The van der Waals surface area contributed by atoms with Crippen LogP contribution in [-0.2, 0) is 5.41 Å². The van der Waals surface area contributed by atoms with Crippen LogP contribution < -0.4 is 4.74 Å². The van der Waals surface area contributed by atoms with E-state index < -0.39 is 0 Å². The van der Waals surface area contributed by atoms with Gasteiger partial charge in [0, 0.05) is 11.6 Å². The maximum atomic E-state index is 5.52. The van der Waals surface area contributed by atoms with E-state index in [1.54, 1.807) is 13.4 Å². The third-order valence-electron chi connectivity index (χ3n) is 3.70. The summed E-state index contributed by atoms with van der Waals surface area (Å²) in [7, 11) is 1.66. The van der Waals surface area contributed by atoms with E-state index in [2.05, 4.69) is 15.1 Å². The fraction of sp³-hybridized carbons (Fsp3) is 0.316. The van der Waals surface area contributed by atoms with Crippen LogP contribution >= 0.6 is 0 Å². The molecule has 0 N–H and O–H groups in total. The first-order chi connectivity index (χ1) is 11.9. The van der Waals surface area contributed by atoms with Gasteiger partial charge < -0.3 is 13.8 Å². The Balaban J connectivity index is 1.85. The van der Waals surface area contributed by atoms with Gasteiger partial charge in [0.25, 0.3) is 0 Å². The van der Waals surface area contributed by atoms with Crippen LogP contribution in [0.3, 0.4) is 0 Å². The van der Waals surface area contributed by atoms with E-state index in [1.165, 1.54) is 0 Å². The Morgan fingerprint density at radius 1 is 1.20 bits per heavy atom. The lowest BCUT2D eigenvalue weighted by molar-refractivity contribution is 0.320. The van der Waals surface area contributed by atoms with Crippen LogP contribution in [-0.4, -0.2) is 26.8 Å². The second kappa shape index (κ2) is 6.55. The van der Waals surface area contributed by atoms with E-state index in [0.29, 0.717) is 11.7 Å². The average Bonchev–Trinajstić information content (AvgIpc) is 3.21. The van der Waals surface area contributed by atoms with Crippen LogP contribution in [0.25, 0.3) is 17.8 Å². The van der Waals surface area contributed by atoms with Crippen molar-refractivity contribution < 1.29 is 9.26 Å². The maximum absolute atomic E-state index is 5.52. The fourth-order valence-electron chi connectivity index (χ4n) is 2.34. The molecule has 3 aromatic rings. The molecule has 6 heteroatoms. The molecule has 1 aromatic carbocycles. The molecule has 0 saturated carbocycles. The average molecular weight is 338 g/mol. The number of ether oxygens (including phenoxy) is 1.